The van der Waals surface area contributed by atoms with Gasteiger partial charge < -0.3 is 14.3 Å². The number of nitrogens with zero attached hydrogens (tertiary/aromatic N) is 1. The minimum absolute atomic E-state index is 0.682. The van der Waals surface area contributed by atoms with Crippen molar-refractivity contribution in [3.63, 3.8) is 0 Å². The number of benzene rings is 1. The number of para-hydroxylation sites is 1. The SMILES string of the molecule is COc1cccc2c1[nH]c(=S)n2CC1CC=CCC1. The molecule has 0 aliphatic heterocycles. The smallest absolute Gasteiger partial charge is 0.178 e. The van der Waals surface area contributed by atoms with Gasteiger partial charge >= 0.3 is 0 Å². The average Bonchev–Trinajstić information content (AvgIpc) is 2.76. The predicted molar refractivity (Wildman–Crippen MR) is 80.2 cm³/mol. The lowest BCUT2D eigenvalue weighted by Crippen LogP contribution is -2.12. The number of rotatable bonds is 3. The van der Waals surface area contributed by atoms with Crippen molar-refractivity contribution < 1.29 is 4.74 Å². The lowest BCUT2D eigenvalue weighted by atomic mass is 9.94. The van der Waals surface area contributed by atoms with Crippen LogP contribution in [0, 0.1) is 10.7 Å². The van der Waals surface area contributed by atoms with Crippen LogP contribution < -0.4 is 4.74 Å². The monoisotopic (exact) mass is 274 g/mol. The van der Waals surface area contributed by atoms with E-state index in [4.69, 9.17) is 17.0 Å². The Hall–Kier alpha value is -1.55. The van der Waals surface area contributed by atoms with E-state index >= 15 is 0 Å². The highest BCUT2D eigenvalue weighted by atomic mass is 32.1. The van der Waals surface area contributed by atoms with E-state index < -0.39 is 0 Å². The molecule has 1 aliphatic carbocycles. The molecule has 4 heteroatoms. The van der Waals surface area contributed by atoms with Crippen LogP contribution in [-0.2, 0) is 6.54 Å². The van der Waals surface area contributed by atoms with Crippen LogP contribution in [0.5, 0.6) is 5.75 Å². The van der Waals surface area contributed by atoms with E-state index in [9.17, 15) is 0 Å². The molecule has 0 fully saturated rings. The van der Waals surface area contributed by atoms with Gasteiger partial charge in [-0.05, 0) is 49.5 Å². The maximum Gasteiger partial charge on any atom is 0.178 e. The number of allylic oxidation sites excluding steroid dienone is 2. The fourth-order valence-corrected chi connectivity index (χ4v) is 3.06. The van der Waals surface area contributed by atoms with Crippen molar-refractivity contribution in [3.05, 3.63) is 35.1 Å². The minimum Gasteiger partial charge on any atom is -0.494 e. The van der Waals surface area contributed by atoms with Gasteiger partial charge in [-0.2, -0.15) is 0 Å². The first-order valence-corrected chi connectivity index (χ1v) is 7.11. The summed E-state index contributed by atoms with van der Waals surface area (Å²) in [6.45, 7) is 0.982. The zero-order valence-electron chi connectivity index (χ0n) is 11.1. The van der Waals surface area contributed by atoms with Gasteiger partial charge in [-0.3, -0.25) is 0 Å². The van der Waals surface area contributed by atoms with E-state index in [1.54, 1.807) is 7.11 Å². The van der Waals surface area contributed by atoms with Gasteiger partial charge in [0.15, 0.2) is 4.77 Å². The van der Waals surface area contributed by atoms with Crippen molar-refractivity contribution >= 4 is 23.3 Å². The average molecular weight is 274 g/mol. The van der Waals surface area contributed by atoms with Crippen LogP contribution in [0.3, 0.4) is 0 Å². The Morgan fingerprint density at radius 1 is 1.42 bits per heavy atom. The second-order valence-corrected chi connectivity index (χ2v) is 5.43. The Kier molecular flexibility index (Phi) is 3.42. The number of nitrogens with one attached hydrogen (secondary N) is 1. The van der Waals surface area contributed by atoms with E-state index in [0.29, 0.717) is 5.92 Å². The molecule has 3 rings (SSSR count). The Morgan fingerprint density at radius 3 is 3.05 bits per heavy atom. The van der Waals surface area contributed by atoms with Crippen LogP contribution in [-0.4, -0.2) is 16.7 Å². The second-order valence-electron chi connectivity index (χ2n) is 5.05. The summed E-state index contributed by atoms with van der Waals surface area (Å²) in [5, 5.41) is 0. The number of imidazole rings is 1. The van der Waals surface area contributed by atoms with Crippen molar-refractivity contribution in [2.75, 3.05) is 7.11 Å². The minimum atomic E-state index is 0.682. The Morgan fingerprint density at radius 2 is 2.32 bits per heavy atom. The first-order valence-electron chi connectivity index (χ1n) is 6.70. The summed E-state index contributed by atoms with van der Waals surface area (Å²) in [5.74, 6) is 1.53. The van der Waals surface area contributed by atoms with E-state index in [1.165, 1.54) is 12.8 Å². The number of fused-ring (bicyclic) bond motifs is 1. The van der Waals surface area contributed by atoms with Crippen LogP contribution in [0.1, 0.15) is 19.3 Å². The van der Waals surface area contributed by atoms with Gasteiger partial charge in [0, 0.05) is 6.54 Å². The van der Waals surface area contributed by atoms with Gasteiger partial charge in [0.2, 0.25) is 0 Å². The highest BCUT2D eigenvalue weighted by molar-refractivity contribution is 7.71. The third-order valence-electron chi connectivity index (χ3n) is 3.81. The van der Waals surface area contributed by atoms with Crippen molar-refractivity contribution in [2.45, 2.75) is 25.8 Å². The van der Waals surface area contributed by atoms with Crippen LogP contribution >= 0.6 is 12.2 Å². The van der Waals surface area contributed by atoms with Crippen LogP contribution in [0.15, 0.2) is 30.4 Å². The van der Waals surface area contributed by atoms with Crippen LogP contribution in [0.4, 0.5) is 0 Å². The Balaban J connectivity index is 2.01. The number of aromatic nitrogens is 2. The van der Waals surface area contributed by atoms with Crippen molar-refractivity contribution in [2.24, 2.45) is 5.92 Å². The van der Waals surface area contributed by atoms with Crippen LogP contribution in [0.25, 0.3) is 11.0 Å². The van der Waals surface area contributed by atoms with E-state index in [-0.39, 0.29) is 0 Å². The summed E-state index contributed by atoms with van der Waals surface area (Å²) < 4.78 is 8.38. The van der Waals surface area contributed by atoms with Crippen molar-refractivity contribution in [1.82, 2.24) is 9.55 Å². The van der Waals surface area contributed by atoms with Gasteiger partial charge in [-0.15, -0.1) is 0 Å². The van der Waals surface area contributed by atoms with Gasteiger partial charge in [0.05, 0.1) is 12.6 Å². The molecule has 1 aromatic heterocycles. The third kappa shape index (κ3) is 2.32. The number of ether oxygens (including phenoxy) is 1. The molecule has 1 N–H and O–H groups in total. The number of hydrogen-bond donors (Lipinski definition) is 1. The fourth-order valence-electron chi connectivity index (χ4n) is 2.79. The lowest BCUT2D eigenvalue weighted by molar-refractivity contribution is 0.413. The zero-order chi connectivity index (χ0) is 13.2. The quantitative estimate of drug-likeness (QED) is 0.675. The second kappa shape index (κ2) is 5.21. The van der Waals surface area contributed by atoms with Gasteiger partial charge in [0.1, 0.15) is 11.3 Å². The molecule has 0 radical (unpaired) electrons. The number of H-pyrrole nitrogens is 1. The Labute approximate surface area is 117 Å². The lowest BCUT2D eigenvalue weighted by Gasteiger charge is -2.18. The third-order valence-corrected chi connectivity index (χ3v) is 4.13. The zero-order valence-corrected chi connectivity index (χ0v) is 11.9. The van der Waals surface area contributed by atoms with Crippen LogP contribution in [0.2, 0.25) is 0 Å². The maximum absolute atomic E-state index is 5.46. The van der Waals surface area contributed by atoms with E-state index in [2.05, 4.69) is 27.8 Å². The fraction of sp³-hybridized carbons (Fsp3) is 0.400. The summed E-state index contributed by atoms with van der Waals surface area (Å²) in [7, 11) is 1.69. The number of hydrogen-bond acceptors (Lipinski definition) is 2. The first kappa shape index (κ1) is 12.5. The molecule has 2 aromatic rings. The number of aromatic amines is 1. The predicted octanol–water partition coefficient (Wildman–Crippen LogP) is 4.06. The standard InChI is InChI=1S/C15H18N2OS/c1-18-13-9-5-8-12-14(13)16-15(19)17(12)10-11-6-3-2-4-7-11/h2-3,5,8-9,11H,4,6-7,10H2,1H3,(H,16,19). The molecule has 3 nitrogen and oxygen atoms in total. The van der Waals surface area contributed by atoms with Crippen molar-refractivity contribution in [1.29, 1.82) is 0 Å². The van der Waals surface area contributed by atoms with E-state index in [0.717, 1.165) is 34.5 Å². The highest BCUT2D eigenvalue weighted by Crippen LogP contribution is 2.27. The van der Waals surface area contributed by atoms with Gasteiger partial charge in [-0.1, -0.05) is 18.2 Å². The number of methoxy groups -OCH3 is 1. The van der Waals surface area contributed by atoms with E-state index in [1.807, 2.05) is 12.1 Å². The Bertz CT molecular complexity index is 668. The molecule has 19 heavy (non-hydrogen) atoms. The molecular weight excluding hydrogens is 256 g/mol. The molecule has 0 bridgehead atoms. The first-order chi connectivity index (χ1) is 9.29. The highest BCUT2D eigenvalue weighted by Gasteiger charge is 2.14. The molecule has 100 valence electrons. The molecule has 0 saturated carbocycles. The summed E-state index contributed by atoms with van der Waals surface area (Å²) in [4.78, 5) is 3.27. The molecule has 1 aliphatic rings. The summed E-state index contributed by atoms with van der Waals surface area (Å²) in [5.41, 5.74) is 2.14. The normalized spacial score (nSPS) is 18.9. The molecule has 1 atom stereocenters. The summed E-state index contributed by atoms with van der Waals surface area (Å²) in [6, 6.07) is 6.07. The molecular formula is C15H18N2OS. The van der Waals surface area contributed by atoms with Gasteiger partial charge in [-0.25, -0.2) is 0 Å². The molecule has 1 aromatic carbocycles. The summed E-state index contributed by atoms with van der Waals surface area (Å²) >= 11 is 5.46. The van der Waals surface area contributed by atoms with Crippen molar-refractivity contribution in [3.8, 4) is 5.75 Å². The largest absolute Gasteiger partial charge is 0.494 e. The molecule has 1 heterocycles. The molecule has 0 spiro atoms. The topological polar surface area (TPSA) is 29.9 Å². The molecule has 1 unspecified atom stereocenters. The molecule has 0 saturated heterocycles. The van der Waals surface area contributed by atoms with Gasteiger partial charge in [0.25, 0.3) is 0 Å². The summed E-state index contributed by atoms with van der Waals surface area (Å²) in [6.07, 6.45) is 8.14. The molecule has 0 amide bonds. The maximum atomic E-state index is 5.46.